The van der Waals surface area contributed by atoms with Gasteiger partial charge in [0.1, 0.15) is 0 Å². The quantitative estimate of drug-likeness (QED) is 0.796. The Morgan fingerprint density at radius 1 is 1.26 bits per heavy atom. The molecule has 1 aliphatic rings. The SMILES string of the molecule is Cc1ccc(C(=O)N2CCN(CCBr)CC2)c(C)n1. The molecule has 1 saturated heterocycles. The van der Waals surface area contributed by atoms with E-state index in [1.54, 1.807) is 0 Å². The molecule has 0 spiro atoms. The number of nitrogens with zero attached hydrogens (tertiary/aromatic N) is 3. The average Bonchev–Trinajstić information content (AvgIpc) is 2.39. The highest BCUT2D eigenvalue weighted by Crippen LogP contribution is 2.12. The summed E-state index contributed by atoms with van der Waals surface area (Å²) in [6.45, 7) is 8.42. The molecule has 0 atom stereocenters. The van der Waals surface area contributed by atoms with Gasteiger partial charge in [-0.25, -0.2) is 0 Å². The number of hydrogen-bond donors (Lipinski definition) is 0. The Bertz CT molecular complexity index is 456. The Morgan fingerprint density at radius 2 is 1.95 bits per heavy atom. The lowest BCUT2D eigenvalue weighted by molar-refractivity contribution is 0.0643. The van der Waals surface area contributed by atoms with Crippen molar-refractivity contribution in [1.29, 1.82) is 0 Å². The minimum absolute atomic E-state index is 0.114. The van der Waals surface area contributed by atoms with Gasteiger partial charge in [0.25, 0.3) is 5.91 Å². The third kappa shape index (κ3) is 3.54. The molecule has 0 unspecified atom stereocenters. The molecule has 19 heavy (non-hydrogen) atoms. The molecule has 0 bridgehead atoms. The second-order valence-corrected chi connectivity index (χ2v) is 5.70. The van der Waals surface area contributed by atoms with E-state index >= 15 is 0 Å². The zero-order valence-electron chi connectivity index (χ0n) is 11.5. The van der Waals surface area contributed by atoms with Crippen LogP contribution in [0.15, 0.2) is 12.1 Å². The maximum absolute atomic E-state index is 12.5. The number of aromatic nitrogens is 1. The zero-order chi connectivity index (χ0) is 13.8. The van der Waals surface area contributed by atoms with Crippen molar-refractivity contribution in [2.24, 2.45) is 0 Å². The molecule has 0 aromatic carbocycles. The molecule has 4 nitrogen and oxygen atoms in total. The Hall–Kier alpha value is -0.940. The Labute approximate surface area is 122 Å². The van der Waals surface area contributed by atoms with Gasteiger partial charge in [-0.05, 0) is 26.0 Å². The topological polar surface area (TPSA) is 36.4 Å². The van der Waals surface area contributed by atoms with E-state index in [0.717, 1.165) is 55.0 Å². The fraction of sp³-hybridized carbons (Fsp3) is 0.571. The van der Waals surface area contributed by atoms with Gasteiger partial charge >= 0.3 is 0 Å². The molecule has 2 heterocycles. The first kappa shape index (κ1) is 14.5. The third-order valence-electron chi connectivity index (χ3n) is 3.52. The van der Waals surface area contributed by atoms with Crippen LogP contribution in [0.5, 0.6) is 0 Å². The molecular formula is C14H20BrN3O. The maximum atomic E-state index is 12.5. The number of piperazine rings is 1. The molecule has 1 fully saturated rings. The number of rotatable bonds is 3. The van der Waals surface area contributed by atoms with Gasteiger partial charge in [0.2, 0.25) is 0 Å². The molecule has 2 rings (SSSR count). The summed E-state index contributed by atoms with van der Waals surface area (Å²) >= 11 is 3.45. The van der Waals surface area contributed by atoms with Gasteiger partial charge < -0.3 is 4.90 Å². The number of halogens is 1. The summed E-state index contributed by atoms with van der Waals surface area (Å²) in [5, 5.41) is 0.988. The number of aryl methyl sites for hydroxylation is 2. The van der Waals surface area contributed by atoms with Crippen LogP contribution in [0.4, 0.5) is 0 Å². The van der Waals surface area contributed by atoms with Crippen molar-refractivity contribution in [3.8, 4) is 0 Å². The molecule has 1 aromatic rings. The van der Waals surface area contributed by atoms with Crippen LogP contribution in [0.3, 0.4) is 0 Å². The monoisotopic (exact) mass is 325 g/mol. The number of carbonyl (C=O) groups excluding carboxylic acids is 1. The van der Waals surface area contributed by atoms with Crippen molar-refractivity contribution in [2.75, 3.05) is 38.1 Å². The summed E-state index contributed by atoms with van der Waals surface area (Å²) in [5.41, 5.74) is 2.52. The van der Waals surface area contributed by atoms with E-state index in [2.05, 4.69) is 25.8 Å². The fourth-order valence-electron chi connectivity index (χ4n) is 2.38. The maximum Gasteiger partial charge on any atom is 0.255 e. The van der Waals surface area contributed by atoms with Crippen LogP contribution in [0.25, 0.3) is 0 Å². The number of amides is 1. The molecule has 0 aliphatic carbocycles. The Balaban J connectivity index is 2.01. The lowest BCUT2D eigenvalue weighted by Crippen LogP contribution is -2.49. The second-order valence-electron chi connectivity index (χ2n) is 4.91. The second kappa shape index (κ2) is 6.48. The summed E-state index contributed by atoms with van der Waals surface area (Å²) < 4.78 is 0. The lowest BCUT2D eigenvalue weighted by atomic mass is 10.1. The van der Waals surface area contributed by atoms with Crippen LogP contribution >= 0.6 is 15.9 Å². The van der Waals surface area contributed by atoms with Crippen LogP contribution in [0.2, 0.25) is 0 Å². The van der Waals surface area contributed by atoms with Crippen LogP contribution in [0.1, 0.15) is 21.7 Å². The first-order valence-corrected chi connectivity index (χ1v) is 7.76. The molecule has 0 N–H and O–H groups in total. The summed E-state index contributed by atoms with van der Waals surface area (Å²) in [4.78, 5) is 21.1. The Kier molecular flexibility index (Phi) is 4.93. The van der Waals surface area contributed by atoms with Crippen molar-refractivity contribution in [1.82, 2.24) is 14.8 Å². The van der Waals surface area contributed by atoms with Crippen molar-refractivity contribution in [2.45, 2.75) is 13.8 Å². The van der Waals surface area contributed by atoms with E-state index in [1.165, 1.54) is 0 Å². The van der Waals surface area contributed by atoms with E-state index < -0.39 is 0 Å². The number of alkyl halides is 1. The van der Waals surface area contributed by atoms with Gasteiger partial charge in [0.05, 0.1) is 11.3 Å². The number of hydrogen-bond acceptors (Lipinski definition) is 3. The van der Waals surface area contributed by atoms with E-state index in [-0.39, 0.29) is 5.91 Å². The molecule has 5 heteroatoms. The standard InChI is InChI=1S/C14H20BrN3O/c1-11-3-4-13(12(2)16-11)14(19)18-9-7-17(6-5-15)8-10-18/h3-4H,5-10H2,1-2H3. The van der Waals surface area contributed by atoms with Gasteiger partial charge in [-0.1, -0.05) is 15.9 Å². The molecule has 0 radical (unpaired) electrons. The summed E-state index contributed by atoms with van der Waals surface area (Å²) in [5.74, 6) is 0.114. The molecule has 1 aromatic heterocycles. The van der Waals surface area contributed by atoms with Crippen LogP contribution in [0, 0.1) is 13.8 Å². The van der Waals surface area contributed by atoms with Crippen molar-refractivity contribution < 1.29 is 4.79 Å². The molecule has 1 amide bonds. The molecule has 0 saturated carbocycles. The smallest absolute Gasteiger partial charge is 0.255 e. The normalized spacial score (nSPS) is 16.7. The van der Waals surface area contributed by atoms with Crippen molar-refractivity contribution >= 4 is 21.8 Å². The largest absolute Gasteiger partial charge is 0.336 e. The predicted octanol–water partition coefficient (Wildman–Crippen LogP) is 1.85. The van der Waals surface area contributed by atoms with Crippen LogP contribution < -0.4 is 0 Å². The average molecular weight is 326 g/mol. The summed E-state index contributed by atoms with van der Waals surface area (Å²) in [6, 6.07) is 3.80. The van der Waals surface area contributed by atoms with Gasteiger partial charge in [0, 0.05) is 43.7 Å². The lowest BCUT2D eigenvalue weighted by Gasteiger charge is -2.34. The first-order chi connectivity index (χ1) is 9.11. The van der Waals surface area contributed by atoms with Gasteiger partial charge in [-0.15, -0.1) is 0 Å². The van der Waals surface area contributed by atoms with Crippen LogP contribution in [-0.2, 0) is 0 Å². The molecule has 1 aliphatic heterocycles. The first-order valence-electron chi connectivity index (χ1n) is 6.63. The van der Waals surface area contributed by atoms with E-state index in [9.17, 15) is 4.79 Å². The van der Waals surface area contributed by atoms with Crippen molar-refractivity contribution in [3.05, 3.63) is 29.1 Å². The molecule has 104 valence electrons. The van der Waals surface area contributed by atoms with E-state index in [1.807, 2.05) is 30.9 Å². The van der Waals surface area contributed by atoms with Crippen LogP contribution in [-0.4, -0.2) is 58.7 Å². The number of pyridine rings is 1. The predicted molar refractivity (Wildman–Crippen MR) is 79.8 cm³/mol. The minimum Gasteiger partial charge on any atom is -0.336 e. The Morgan fingerprint density at radius 3 is 2.53 bits per heavy atom. The highest BCUT2D eigenvalue weighted by molar-refractivity contribution is 9.09. The van der Waals surface area contributed by atoms with E-state index in [0.29, 0.717) is 0 Å². The zero-order valence-corrected chi connectivity index (χ0v) is 13.1. The minimum atomic E-state index is 0.114. The fourth-order valence-corrected chi connectivity index (χ4v) is 2.88. The number of carbonyl (C=O) groups is 1. The van der Waals surface area contributed by atoms with Gasteiger partial charge in [-0.3, -0.25) is 14.7 Å². The highest BCUT2D eigenvalue weighted by atomic mass is 79.9. The summed E-state index contributed by atoms with van der Waals surface area (Å²) in [6.07, 6.45) is 0. The van der Waals surface area contributed by atoms with Gasteiger partial charge in [-0.2, -0.15) is 0 Å². The summed E-state index contributed by atoms with van der Waals surface area (Å²) in [7, 11) is 0. The van der Waals surface area contributed by atoms with E-state index in [4.69, 9.17) is 0 Å². The molecular weight excluding hydrogens is 306 g/mol. The van der Waals surface area contributed by atoms with Gasteiger partial charge in [0.15, 0.2) is 0 Å². The van der Waals surface area contributed by atoms with Crippen molar-refractivity contribution in [3.63, 3.8) is 0 Å². The third-order valence-corrected chi connectivity index (χ3v) is 3.87. The highest BCUT2D eigenvalue weighted by Gasteiger charge is 2.22.